The van der Waals surface area contributed by atoms with Gasteiger partial charge in [0.25, 0.3) is 0 Å². The molecule has 1 unspecified atom stereocenters. The van der Waals surface area contributed by atoms with Gasteiger partial charge in [-0.15, -0.1) is 0 Å². The third-order valence-electron chi connectivity index (χ3n) is 3.59. The lowest BCUT2D eigenvalue weighted by Gasteiger charge is -2.23. The van der Waals surface area contributed by atoms with Crippen molar-refractivity contribution in [2.24, 2.45) is 0 Å². The number of rotatable bonds is 3. The van der Waals surface area contributed by atoms with E-state index in [0.717, 1.165) is 24.6 Å². The van der Waals surface area contributed by atoms with E-state index in [1.807, 2.05) is 31.5 Å². The minimum Gasteiger partial charge on any atom is -0.465 e. The molecule has 1 atom stereocenters. The number of nitrogens with zero attached hydrogens (tertiary/aromatic N) is 2. The average Bonchev–Trinajstić information content (AvgIpc) is 3.00. The van der Waals surface area contributed by atoms with Crippen molar-refractivity contribution in [2.75, 3.05) is 6.54 Å². The molecule has 1 aliphatic heterocycles. The fourth-order valence-electron chi connectivity index (χ4n) is 2.74. The van der Waals surface area contributed by atoms with Gasteiger partial charge in [-0.3, -0.25) is 9.88 Å². The average molecular weight is 242 g/mol. The summed E-state index contributed by atoms with van der Waals surface area (Å²) in [7, 11) is 0. The van der Waals surface area contributed by atoms with Crippen LogP contribution in [0.3, 0.4) is 0 Å². The molecule has 0 amide bonds. The number of furan rings is 1. The summed E-state index contributed by atoms with van der Waals surface area (Å²) in [6.07, 6.45) is 6.28. The second-order valence-electron chi connectivity index (χ2n) is 4.93. The molecule has 3 heterocycles. The fourth-order valence-corrected chi connectivity index (χ4v) is 2.74. The van der Waals surface area contributed by atoms with Gasteiger partial charge in [0, 0.05) is 18.4 Å². The summed E-state index contributed by atoms with van der Waals surface area (Å²) in [5, 5.41) is 0. The Morgan fingerprint density at radius 3 is 3.06 bits per heavy atom. The molecule has 18 heavy (non-hydrogen) atoms. The lowest BCUT2D eigenvalue weighted by Crippen LogP contribution is -2.22. The second kappa shape index (κ2) is 4.94. The molecular weight excluding hydrogens is 224 g/mol. The first-order valence-electron chi connectivity index (χ1n) is 6.52. The minimum absolute atomic E-state index is 0.490. The lowest BCUT2D eigenvalue weighted by molar-refractivity contribution is 0.226. The van der Waals surface area contributed by atoms with Gasteiger partial charge in [-0.05, 0) is 50.1 Å². The number of aromatic nitrogens is 1. The van der Waals surface area contributed by atoms with Crippen LogP contribution in [0.2, 0.25) is 0 Å². The predicted molar refractivity (Wildman–Crippen MR) is 70.1 cm³/mol. The van der Waals surface area contributed by atoms with Gasteiger partial charge in [0.1, 0.15) is 11.5 Å². The van der Waals surface area contributed by atoms with E-state index in [2.05, 4.69) is 22.0 Å². The van der Waals surface area contributed by atoms with Crippen molar-refractivity contribution in [3.8, 4) is 0 Å². The molecule has 1 fully saturated rings. The van der Waals surface area contributed by atoms with Crippen molar-refractivity contribution >= 4 is 0 Å². The highest BCUT2D eigenvalue weighted by molar-refractivity contribution is 5.16. The molecule has 0 N–H and O–H groups in total. The van der Waals surface area contributed by atoms with Gasteiger partial charge in [-0.2, -0.15) is 0 Å². The van der Waals surface area contributed by atoms with E-state index < -0.39 is 0 Å². The summed E-state index contributed by atoms with van der Waals surface area (Å²) in [5.41, 5.74) is 1.32. The van der Waals surface area contributed by atoms with E-state index >= 15 is 0 Å². The van der Waals surface area contributed by atoms with Crippen LogP contribution in [-0.2, 0) is 6.54 Å². The summed E-state index contributed by atoms with van der Waals surface area (Å²) in [6.45, 7) is 4.03. The Bertz CT molecular complexity index is 506. The van der Waals surface area contributed by atoms with E-state index in [4.69, 9.17) is 4.42 Å². The van der Waals surface area contributed by atoms with Crippen molar-refractivity contribution in [1.29, 1.82) is 0 Å². The molecule has 0 aliphatic carbocycles. The van der Waals surface area contributed by atoms with Crippen molar-refractivity contribution in [1.82, 2.24) is 9.88 Å². The molecule has 0 aromatic carbocycles. The summed E-state index contributed by atoms with van der Waals surface area (Å²) < 4.78 is 5.67. The second-order valence-corrected chi connectivity index (χ2v) is 4.93. The molecular formula is C15H18N2O. The number of likely N-dealkylation sites (tertiary alicyclic amines) is 1. The highest BCUT2D eigenvalue weighted by Gasteiger charge is 2.26. The molecule has 1 aliphatic rings. The SMILES string of the molecule is Cc1ccc(CN2CCCC2c2cccnc2)o1. The molecule has 3 heteroatoms. The van der Waals surface area contributed by atoms with Crippen LogP contribution >= 0.6 is 0 Å². The zero-order valence-corrected chi connectivity index (χ0v) is 10.7. The van der Waals surface area contributed by atoms with E-state index in [1.54, 1.807) is 0 Å². The monoisotopic (exact) mass is 242 g/mol. The molecule has 2 aromatic rings. The van der Waals surface area contributed by atoms with Crippen LogP contribution in [0, 0.1) is 6.92 Å². The maximum Gasteiger partial charge on any atom is 0.118 e. The number of aryl methyl sites for hydroxylation is 1. The third kappa shape index (κ3) is 2.31. The van der Waals surface area contributed by atoms with Crippen molar-refractivity contribution in [3.05, 3.63) is 53.7 Å². The van der Waals surface area contributed by atoms with Crippen molar-refractivity contribution < 1.29 is 4.42 Å². The highest BCUT2D eigenvalue weighted by Crippen LogP contribution is 2.32. The fraction of sp³-hybridized carbons (Fsp3) is 0.400. The van der Waals surface area contributed by atoms with Crippen LogP contribution in [0.1, 0.15) is 36.0 Å². The summed E-state index contributed by atoms with van der Waals surface area (Å²) in [4.78, 5) is 6.71. The molecule has 94 valence electrons. The standard InChI is InChI=1S/C15H18N2O/c1-12-6-7-14(18-12)11-17-9-3-5-15(17)13-4-2-8-16-10-13/h2,4,6-8,10,15H,3,5,9,11H2,1H3. The largest absolute Gasteiger partial charge is 0.465 e. The quantitative estimate of drug-likeness (QED) is 0.826. The van der Waals surface area contributed by atoms with Gasteiger partial charge in [-0.1, -0.05) is 6.07 Å². The highest BCUT2D eigenvalue weighted by atomic mass is 16.3. The Balaban J connectivity index is 1.75. The molecule has 3 nitrogen and oxygen atoms in total. The number of hydrogen-bond donors (Lipinski definition) is 0. The molecule has 1 saturated heterocycles. The first-order valence-corrected chi connectivity index (χ1v) is 6.52. The van der Waals surface area contributed by atoms with Crippen LogP contribution in [0.4, 0.5) is 0 Å². The number of hydrogen-bond acceptors (Lipinski definition) is 3. The van der Waals surface area contributed by atoms with Gasteiger partial charge in [0.05, 0.1) is 6.54 Å². The molecule has 0 radical (unpaired) electrons. The molecule has 0 saturated carbocycles. The molecule has 2 aromatic heterocycles. The van der Waals surface area contributed by atoms with Gasteiger partial charge in [-0.25, -0.2) is 0 Å². The maximum atomic E-state index is 5.67. The molecule has 0 spiro atoms. The first kappa shape index (κ1) is 11.5. The van der Waals surface area contributed by atoms with Gasteiger partial charge in [0.15, 0.2) is 0 Å². The third-order valence-corrected chi connectivity index (χ3v) is 3.59. The van der Waals surface area contributed by atoms with Crippen LogP contribution in [-0.4, -0.2) is 16.4 Å². The maximum absolute atomic E-state index is 5.67. The Morgan fingerprint density at radius 2 is 2.33 bits per heavy atom. The van der Waals surface area contributed by atoms with Crippen molar-refractivity contribution in [3.63, 3.8) is 0 Å². The summed E-state index contributed by atoms with van der Waals surface area (Å²) in [5.74, 6) is 2.05. The Labute approximate surface area is 107 Å². The van der Waals surface area contributed by atoms with Crippen LogP contribution in [0.25, 0.3) is 0 Å². The summed E-state index contributed by atoms with van der Waals surface area (Å²) in [6, 6.07) is 8.79. The zero-order chi connectivity index (χ0) is 12.4. The van der Waals surface area contributed by atoms with E-state index in [-0.39, 0.29) is 0 Å². The van der Waals surface area contributed by atoms with Crippen LogP contribution in [0.5, 0.6) is 0 Å². The Morgan fingerprint density at radius 1 is 1.39 bits per heavy atom. The van der Waals surface area contributed by atoms with Gasteiger partial charge >= 0.3 is 0 Å². The normalized spacial score (nSPS) is 20.4. The zero-order valence-electron chi connectivity index (χ0n) is 10.7. The summed E-state index contributed by atoms with van der Waals surface area (Å²) >= 11 is 0. The van der Waals surface area contributed by atoms with Crippen molar-refractivity contribution in [2.45, 2.75) is 32.4 Å². The predicted octanol–water partition coefficient (Wildman–Crippen LogP) is 3.32. The molecule has 0 bridgehead atoms. The topological polar surface area (TPSA) is 29.3 Å². The smallest absolute Gasteiger partial charge is 0.118 e. The van der Waals surface area contributed by atoms with Gasteiger partial charge in [0.2, 0.25) is 0 Å². The van der Waals surface area contributed by atoms with E-state index in [0.29, 0.717) is 6.04 Å². The molecule has 3 rings (SSSR count). The lowest BCUT2D eigenvalue weighted by atomic mass is 10.1. The van der Waals surface area contributed by atoms with E-state index in [1.165, 1.54) is 18.4 Å². The first-order chi connectivity index (χ1) is 8.83. The Hall–Kier alpha value is -1.61. The number of pyridine rings is 1. The van der Waals surface area contributed by atoms with Crippen LogP contribution in [0.15, 0.2) is 41.1 Å². The Kier molecular flexibility index (Phi) is 3.15. The van der Waals surface area contributed by atoms with E-state index in [9.17, 15) is 0 Å². The van der Waals surface area contributed by atoms with Gasteiger partial charge < -0.3 is 4.42 Å². The van der Waals surface area contributed by atoms with Crippen LogP contribution < -0.4 is 0 Å². The minimum atomic E-state index is 0.490.